The molecule has 1 aromatic carbocycles. The van der Waals surface area contributed by atoms with Crippen molar-refractivity contribution in [2.75, 3.05) is 56.2 Å². The number of nitrogens with zero attached hydrogens (tertiary/aromatic N) is 4. The largest absolute Gasteiger partial charge is 0.408 e. The number of fused-ring (bicyclic) bond motifs is 1. The molecule has 2 N–H and O–H groups in total. The number of rotatable bonds is 10. The average molecular weight is 631 g/mol. The lowest BCUT2D eigenvalue weighted by molar-refractivity contribution is -0.158. The fraction of sp³-hybridized carbons (Fsp3) is 0.625. The van der Waals surface area contributed by atoms with Crippen molar-refractivity contribution in [2.24, 2.45) is 11.3 Å². The standard InChI is InChI=1S/C32H45F3N6O2Si/c1-44(2,3)17-16-43-22-41-27(18-26-29(37-21-38-30(26)41)40-12-14-42-15-13-40)23-4-6-25(7-5-23)39-28(32(33,34)35)24-8-10-31(11-9-24)19-36-20-31/h4-7,18,21,24,28,36,39H,8-17,19-20,22H2,1-3H3. The van der Waals surface area contributed by atoms with Crippen LogP contribution in [-0.2, 0) is 16.2 Å². The zero-order valence-corrected chi connectivity index (χ0v) is 27.1. The summed E-state index contributed by atoms with van der Waals surface area (Å²) in [5, 5.41) is 7.09. The summed E-state index contributed by atoms with van der Waals surface area (Å²) in [5.74, 6) is 0.438. The molecule has 2 saturated heterocycles. The van der Waals surface area contributed by atoms with Gasteiger partial charge in [0.1, 0.15) is 30.6 Å². The van der Waals surface area contributed by atoms with E-state index in [-0.39, 0.29) is 5.41 Å². The maximum Gasteiger partial charge on any atom is 0.408 e. The van der Waals surface area contributed by atoms with Gasteiger partial charge in [0.05, 0.1) is 24.3 Å². The van der Waals surface area contributed by atoms with Gasteiger partial charge in [-0.15, -0.1) is 0 Å². The van der Waals surface area contributed by atoms with E-state index in [2.05, 4.69) is 55.8 Å². The van der Waals surface area contributed by atoms with Crippen molar-refractivity contribution in [1.82, 2.24) is 19.9 Å². The van der Waals surface area contributed by atoms with E-state index in [0.29, 0.717) is 45.1 Å². The Labute approximate surface area is 258 Å². The van der Waals surface area contributed by atoms with Crippen LogP contribution in [0, 0.1) is 11.3 Å². The van der Waals surface area contributed by atoms with Gasteiger partial charge in [0, 0.05) is 46.5 Å². The van der Waals surface area contributed by atoms with Crippen LogP contribution >= 0.6 is 0 Å². The topological polar surface area (TPSA) is 76.5 Å². The quantitative estimate of drug-likeness (QED) is 0.199. The second-order valence-electron chi connectivity index (χ2n) is 14.0. The summed E-state index contributed by atoms with van der Waals surface area (Å²) in [7, 11) is -1.26. The molecule has 1 saturated carbocycles. The first-order valence-electron chi connectivity index (χ1n) is 15.9. The van der Waals surface area contributed by atoms with Crippen molar-refractivity contribution in [2.45, 2.75) is 70.3 Å². The highest BCUT2D eigenvalue weighted by Crippen LogP contribution is 2.45. The highest BCUT2D eigenvalue weighted by Gasteiger charge is 2.49. The maximum atomic E-state index is 14.3. The number of hydrogen-bond donors (Lipinski definition) is 2. The molecule has 8 nitrogen and oxygen atoms in total. The lowest BCUT2D eigenvalue weighted by atomic mass is 9.65. The molecular formula is C32H45F3N6O2Si. The third kappa shape index (κ3) is 6.93. The van der Waals surface area contributed by atoms with Gasteiger partial charge in [-0.1, -0.05) is 31.8 Å². The minimum Gasteiger partial charge on any atom is -0.378 e. The molecule has 0 bridgehead atoms. The zero-order chi connectivity index (χ0) is 31.0. The molecule has 2 aromatic heterocycles. The molecule has 3 aliphatic rings. The van der Waals surface area contributed by atoms with Crippen molar-refractivity contribution in [3.05, 3.63) is 36.7 Å². The number of anilines is 2. The number of morpholine rings is 1. The minimum absolute atomic E-state index is 0.219. The first kappa shape index (κ1) is 31.3. The summed E-state index contributed by atoms with van der Waals surface area (Å²) < 4.78 is 56.7. The van der Waals surface area contributed by atoms with Gasteiger partial charge in [0.15, 0.2) is 0 Å². The van der Waals surface area contributed by atoms with Crippen molar-refractivity contribution >= 4 is 30.6 Å². The van der Waals surface area contributed by atoms with Crippen molar-refractivity contribution in [3.63, 3.8) is 0 Å². The number of halogens is 3. The number of ether oxygens (including phenoxy) is 2. The number of benzene rings is 1. The molecule has 240 valence electrons. The second-order valence-corrected chi connectivity index (χ2v) is 19.6. The van der Waals surface area contributed by atoms with Gasteiger partial charge in [0.2, 0.25) is 0 Å². The molecule has 44 heavy (non-hydrogen) atoms. The van der Waals surface area contributed by atoms with Crippen LogP contribution in [0.5, 0.6) is 0 Å². The van der Waals surface area contributed by atoms with E-state index < -0.39 is 26.2 Å². The Morgan fingerprint density at radius 3 is 2.41 bits per heavy atom. The Balaban J connectivity index is 1.25. The number of hydrogen-bond acceptors (Lipinski definition) is 7. The van der Waals surface area contributed by atoms with Gasteiger partial charge >= 0.3 is 6.18 Å². The Kier molecular flexibility index (Phi) is 8.97. The van der Waals surface area contributed by atoms with Crippen LogP contribution in [0.4, 0.5) is 24.7 Å². The molecule has 12 heteroatoms. The van der Waals surface area contributed by atoms with E-state index in [1.54, 1.807) is 18.5 Å². The summed E-state index contributed by atoms with van der Waals surface area (Å²) in [4.78, 5) is 11.5. The number of aromatic nitrogens is 3. The smallest absolute Gasteiger partial charge is 0.378 e. The van der Waals surface area contributed by atoms with E-state index in [4.69, 9.17) is 9.47 Å². The fourth-order valence-electron chi connectivity index (χ4n) is 6.78. The molecule has 4 heterocycles. The summed E-state index contributed by atoms with van der Waals surface area (Å²) in [5.41, 5.74) is 3.26. The summed E-state index contributed by atoms with van der Waals surface area (Å²) in [6.45, 7) is 12.6. The lowest BCUT2D eigenvalue weighted by Crippen LogP contribution is -2.56. The highest BCUT2D eigenvalue weighted by atomic mass is 28.3. The van der Waals surface area contributed by atoms with Gasteiger partial charge in [-0.25, -0.2) is 9.97 Å². The molecule has 2 aliphatic heterocycles. The van der Waals surface area contributed by atoms with Gasteiger partial charge in [0.25, 0.3) is 0 Å². The monoisotopic (exact) mass is 630 g/mol. The van der Waals surface area contributed by atoms with Crippen LogP contribution in [0.1, 0.15) is 25.7 Å². The van der Waals surface area contributed by atoms with Crippen molar-refractivity contribution in [1.29, 1.82) is 0 Å². The SMILES string of the molecule is C[Si](C)(C)CCOCn1c(-c2ccc(NC(C3CCC4(CC3)CNC4)C(F)(F)F)cc2)cc2c(N3CCOCC3)ncnc21. The lowest BCUT2D eigenvalue weighted by Gasteiger charge is -2.48. The number of nitrogens with one attached hydrogen (secondary N) is 2. The van der Waals surface area contributed by atoms with E-state index in [1.807, 2.05) is 12.1 Å². The predicted octanol–water partition coefficient (Wildman–Crippen LogP) is 6.37. The molecule has 1 unspecified atom stereocenters. The Morgan fingerprint density at radius 1 is 1.09 bits per heavy atom. The second kappa shape index (κ2) is 12.6. The highest BCUT2D eigenvalue weighted by molar-refractivity contribution is 6.76. The minimum atomic E-state index is -4.32. The van der Waals surface area contributed by atoms with E-state index in [9.17, 15) is 13.2 Å². The van der Waals surface area contributed by atoms with Crippen LogP contribution in [-0.4, -0.2) is 80.8 Å². The molecular weight excluding hydrogens is 585 g/mol. The third-order valence-electron chi connectivity index (χ3n) is 9.61. The number of alkyl halides is 3. The first-order chi connectivity index (χ1) is 21.0. The van der Waals surface area contributed by atoms with Crippen LogP contribution < -0.4 is 15.5 Å². The molecule has 0 amide bonds. The van der Waals surface area contributed by atoms with Gasteiger partial charge in [-0.3, -0.25) is 0 Å². The van der Waals surface area contributed by atoms with Gasteiger partial charge in [-0.2, -0.15) is 13.2 Å². The average Bonchev–Trinajstić information content (AvgIpc) is 3.36. The summed E-state index contributed by atoms with van der Waals surface area (Å²) >= 11 is 0. The summed E-state index contributed by atoms with van der Waals surface area (Å²) in [6, 6.07) is 8.87. The van der Waals surface area contributed by atoms with Crippen molar-refractivity contribution < 1.29 is 22.6 Å². The normalized spacial score (nSPS) is 20.2. The molecule has 1 aliphatic carbocycles. The van der Waals surface area contributed by atoms with E-state index >= 15 is 0 Å². The summed E-state index contributed by atoms with van der Waals surface area (Å²) in [6.07, 6.45) is 0.187. The molecule has 1 spiro atoms. The van der Waals surface area contributed by atoms with Crippen LogP contribution in [0.2, 0.25) is 25.7 Å². The van der Waals surface area contributed by atoms with Crippen LogP contribution in [0.15, 0.2) is 36.7 Å². The molecule has 1 atom stereocenters. The molecule has 3 fully saturated rings. The fourth-order valence-corrected chi connectivity index (χ4v) is 7.54. The maximum absolute atomic E-state index is 14.3. The van der Waals surface area contributed by atoms with Gasteiger partial charge in [-0.05, 0) is 66.8 Å². The third-order valence-corrected chi connectivity index (χ3v) is 11.3. The van der Waals surface area contributed by atoms with Crippen molar-refractivity contribution in [3.8, 4) is 11.3 Å². The van der Waals surface area contributed by atoms with Gasteiger partial charge < -0.3 is 29.6 Å². The van der Waals surface area contributed by atoms with Crippen LogP contribution in [0.3, 0.4) is 0 Å². The van der Waals surface area contributed by atoms with Crippen LogP contribution in [0.25, 0.3) is 22.3 Å². The zero-order valence-electron chi connectivity index (χ0n) is 26.1. The first-order valence-corrected chi connectivity index (χ1v) is 19.6. The Bertz CT molecular complexity index is 1400. The molecule has 3 aromatic rings. The van der Waals surface area contributed by atoms with E-state index in [1.165, 1.54) is 0 Å². The Morgan fingerprint density at radius 2 is 1.80 bits per heavy atom. The predicted molar refractivity (Wildman–Crippen MR) is 171 cm³/mol. The molecule has 0 radical (unpaired) electrons. The van der Waals surface area contributed by atoms with E-state index in [0.717, 1.165) is 73.2 Å². The Hall–Kier alpha value is -2.67. The molecule has 6 rings (SSSR count).